The van der Waals surface area contributed by atoms with Crippen LogP contribution < -0.4 is 0 Å². The molecule has 0 saturated carbocycles. The molecule has 0 aliphatic rings. The fraction of sp³-hybridized carbons (Fsp3) is 0.0714. The number of hydrogen-bond donors (Lipinski definition) is 1. The summed E-state index contributed by atoms with van der Waals surface area (Å²) in [5, 5.41) is 8.04. The molecule has 0 fully saturated rings. The van der Waals surface area contributed by atoms with Crippen LogP contribution in [0.4, 0.5) is 4.39 Å². The normalized spacial score (nSPS) is 10.9. The second kappa shape index (κ2) is 3.70. The van der Waals surface area contributed by atoms with Crippen molar-refractivity contribution in [3.8, 4) is 11.1 Å². The zero-order valence-corrected chi connectivity index (χ0v) is 9.37. The molecular formula is C14H11FN2. The lowest BCUT2D eigenvalue weighted by atomic mass is 9.99. The Morgan fingerprint density at radius 1 is 1.12 bits per heavy atom. The molecule has 2 nitrogen and oxygen atoms in total. The average Bonchev–Trinajstić information content (AvgIpc) is 2.76. The molecule has 0 radical (unpaired) electrons. The minimum absolute atomic E-state index is 0.214. The van der Waals surface area contributed by atoms with Gasteiger partial charge in [-0.25, -0.2) is 4.39 Å². The van der Waals surface area contributed by atoms with E-state index in [9.17, 15) is 4.39 Å². The smallest absolute Gasteiger partial charge is 0.123 e. The van der Waals surface area contributed by atoms with Gasteiger partial charge in [-0.15, -0.1) is 0 Å². The van der Waals surface area contributed by atoms with Crippen LogP contribution in [0.15, 0.2) is 42.6 Å². The van der Waals surface area contributed by atoms with Crippen molar-refractivity contribution in [2.45, 2.75) is 6.92 Å². The minimum atomic E-state index is -0.214. The zero-order valence-electron chi connectivity index (χ0n) is 9.37. The van der Waals surface area contributed by atoms with Crippen LogP contribution in [0.2, 0.25) is 0 Å². The SMILES string of the molecule is Cc1cc2cn[nH]c2cc1-c1ccc(F)cc1. The number of benzene rings is 2. The van der Waals surface area contributed by atoms with E-state index < -0.39 is 0 Å². The van der Waals surface area contributed by atoms with E-state index in [1.165, 1.54) is 12.1 Å². The molecule has 0 aliphatic carbocycles. The summed E-state index contributed by atoms with van der Waals surface area (Å²) in [5.41, 5.74) is 4.27. The molecule has 0 amide bonds. The second-order valence-corrected chi connectivity index (χ2v) is 4.13. The van der Waals surface area contributed by atoms with Gasteiger partial charge < -0.3 is 0 Å². The van der Waals surface area contributed by atoms with Gasteiger partial charge in [0.15, 0.2) is 0 Å². The van der Waals surface area contributed by atoms with Gasteiger partial charge in [0.25, 0.3) is 0 Å². The first-order valence-electron chi connectivity index (χ1n) is 5.44. The number of rotatable bonds is 1. The van der Waals surface area contributed by atoms with E-state index in [2.05, 4.69) is 16.3 Å². The third-order valence-corrected chi connectivity index (χ3v) is 2.94. The summed E-state index contributed by atoms with van der Waals surface area (Å²) < 4.78 is 12.9. The number of nitrogens with zero attached hydrogens (tertiary/aromatic N) is 1. The molecule has 1 heterocycles. The number of H-pyrrole nitrogens is 1. The van der Waals surface area contributed by atoms with Gasteiger partial charge >= 0.3 is 0 Å². The Kier molecular flexibility index (Phi) is 2.18. The van der Waals surface area contributed by atoms with Crippen LogP contribution in [0.1, 0.15) is 5.56 Å². The molecule has 17 heavy (non-hydrogen) atoms. The fourth-order valence-corrected chi connectivity index (χ4v) is 2.05. The van der Waals surface area contributed by atoms with Crippen molar-refractivity contribution in [2.24, 2.45) is 0 Å². The lowest BCUT2D eigenvalue weighted by Gasteiger charge is -2.06. The van der Waals surface area contributed by atoms with E-state index in [-0.39, 0.29) is 5.82 Å². The summed E-state index contributed by atoms with van der Waals surface area (Å²) in [7, 11) is 0. The molecule has 0 spiro atoms. The number of aromatic amines is 1. The van der Waals surface area contributed by atoms with Gasteiger partial charge in [-0.3, -0.25) is 5.10 Å². The van der Waals surface area contributed by atoms with Crippen molar-refractivity contribution in [3.05, 3.63) is 54.0 Å². The summed E-state index contributed by atoms with van der Waals surface area (Å²) in [6.07, 6.45) is 1.80. The molecule has 0 unspecified atom stereocenters. The topological polar surface area (TPSA) is 28.7 Å². The summed E-state index contributed by atoms with van der Waals surface area (Å²) in [6.45, 7) is 2.05. The van der Waals surface area contributed by atoms with Crippen molar-refractivity contribution in [2.75, 3.05) is 0 Å². The highest BCUT2D eigenvalue weighted by molar-refractivity contribution is 5.85. The van der Waals surface area contributed by atoms with Gasteiger partial charge in [0.2, 0.25) is 0 Å². The number of nitrogens with one attached hydrogen (secondary N) is 1. The molecule has 1 aromatic heterocycles. The van der Waals surface area contributed by atoms with E-state index >= 15 is 0 Å². The van der Waals surface area contributed by atoms with Crippen LogP contribution in [0.5, 0.6) is 0 Å². The molecule has 3 heteroatoms. The van der Waals surface area contributed by atoms with E-state index in [4.69, 9.17) is 0 Å². The predicted molar refractivity (Wildman–Crippen MR) is 66.2 cm³/mol. The van der Waals surface area contributed by atoms with Gasteiger partial charge in [-0.05, 0) is 47.9 Å². The predicted octanol–water partition coefficient (Wildman–Crippen LogP) is 3.68. The average molecular weight is 226 g/mol. The molecule has 2 aromatic carbocycles. The molecule has 0 atom stereocenters. The van der Waals surface area contributed by atoms with Crippen molar-refractivity contribution >= 4 is 10.9 Å². The number of aryl methyl sites for hydroxylation is 1. The Bertz CT molecular complexity index is 668. The summed E-state index contributed by atoms with van der Waals surface area (Å²) >= 11 is 0. The Morgan fingerprint density at radius 3 is 2.65 bits per heavy atom. The molecule has 3 aromatic rings. The molecule has 0 bridgehead atoms. The number of aromatic nitrogens is 2. The first-order chi connectivity index (χ1) is 8.24. The van der Waals surface area contributed by atoms with E-state index in [1.807, 2.05) is 13.0 Å². The van der Waals surface area contributed by atoms with Crippen LogP contribution >= 0.6 is 0 Å². The third-order valence-electron chi connectivity index (χ3n) is 2.94. The Hall–Kier alpha value is -2.16. The Morgan fingerprint density at radius 2 is 1.88 bits per heavy atom. The monoisotopic (exact) mass is 226 g/mol. The van der Waals surface area contributed by atoms with E-state index in [0.29, 0.717) is 0 Å². The number of hydrogen-bond acceptors (Lipinski definition) is 1. The van der Waals surface area contributed by atoms with Crippen molar-refractivity contribution < 1.29 is 4.39 Å². The highest BCUT2D eigenvalue weighted by Crippen LogP contribution is 2.27. The summed E-state index contributed by atoms with van der Waals surface area (Å²) in [5.74, 6) is -0.214. The number of halogens is 1. The van der Waals surface area contributed by atoms with Gasteiger partial charge in [0.1, 0.15) is 5.82 Å². The third kappa shape index (κ3) is 1.69. The molecular weight excluding hydrogens is 215 g/mol. The van der Waals surface area contributed by atoms with Crippen LogP contribution in [0, 0.1) is 12.7 Å². The maximum atomic E-state index is 12.9. The Balaban J connectivity index is 2.21. The quantitative estimate of drug-likeness (QED) is 0.673. The first-order valence-corrected chi connectivity index (χ1v) is 5.44. The van der Waals surface area contributed by atoms with Gasteiger partial charge in [0.05, 0.1) is 11.7 Å². The summed E-state index contributed by atoms with van der Waals surface area (Å²) in [6, 6.07) is 10.7. The van der Waals surface area contributed by atoms with Crippen LogP contribution in [-0.4, -0.2) is 10.2 Å². The Labute approximate surface area is 98.1 Å². The molecule has 0 aliphatic heterocycles. The summed E-state index contributed by atoms with van der Waals surface area (Å²) in [4.78, 5) is 0. The van der Waals surface area contributed by atoms with Crippen molar-refractivity contribution in [1.82, 2.24) is 10.2 Å². The molecule has 0 saturated heterocycles. The lowest BCUT2D eigenvalue weighted by molar-refractivity contribution is 0.628. The zero-order chi connectivity index (χ0) is 11.8. The van der Waals surface area contributed by atoms with Gasteiger partial charge in [0, 0.05) is 5.39 Å². The molecule has 3 rings (SSSR count). The van der Waals surface area contributed by atoms with Crippen LogP contribution in [0.3, 0.4) is 0 Å². The molecule has 84 valence electrons. The van der Waals surface area contributed by atoms with Crippen molar-refractivity contribution in [3.63, 3.8) is 0 Å². The number of fused-ring (bicyclic) bond motifs is 1. The van der Waals surface area contributed by atoms with Crippen LogP contribution in [0.25, 0.3) is 22.0 Å². The van der Waals surface area contributed by atoms with Crippen molar-refractivity contribution in [1.29, 1.82) is 0 Å². The fourth-order valence-electron chi connectivity index (χ4n) is 2.05. The first kappa shape index (κ1) is 10.0. The highest BCUT2D eigenvalue weighted by Gasteiger charge is 2.05. The standard InChI is InChI=1S/C14H11FN2/c1-9-6-11-8-16-17-14(11)7-13(9)10-2-4-12(15)5-3-10/h2-8H,1H3,(H,16,17). The van der Waals surface area contributed by atoms with Gasteiger partial charge in [-0.2, -0.15) is 5.10 Å². The highest BCUT2D eigenvalue weighted by atomic mass is 19.1. The maximum absolute atomic E-state index is 12.9. The lowest BCUT2D eigenvalue weighted by Crippen LogP contribution is -1.84. The molecule has 1 N–H and O–H groups in total. The van der Waals surface area contributed by atoms with Gasteiger partial charge in [-0.1, -0.05) is 12.1 Å². The van der Waals surface area contributed by atoms with E-state index in [0.717, 1.165) is 27.6 Å². The second-order valence-electron chi connectivity index (χ2n) is 4.13. The minimum Gasteiger partial charge on any atom is -0.278 e. The largest absolute Gasteiger partial charge is 0.278 e. The van der Waals surface area contributed by atoms with Crippen LogP contribution in [-0.2, 0) is 0 Å². The maximum Gasteiger partial charge on any atom is 0.123 e. The van der Waals surface area contributed by atoms with E-state index in [1.54, 1.807) is 18.3 Å².